The van der Waals surface area contributed by atoms with E-state index in [9.17, 15) is 9.67 Å². The summed E-state index contributed by atoms with van der Waals surface area (Å²) in [6.07, 6.45) is 0. The summed E-state index contributed by atoms with van der Waals surface area (Å²) in [6, 6.07) is 12.3. The highest BCUT2D eigenvalue weighted by Gasteiger charge is 2.27. The van der Waals surface area contributed by atoms with Crippen LogP contribution in [0.5, 0.6) is 0 Å². The van der Waals surface area contributed by atoms with Gasteiger partial charge in [-0.15, -0.1) is 0 Å². The van der Waals surface area contributed by atoms with Crippen molar-refractivity contribution < 1.29 is 19.5 Å². The van der Waals surface area contributed by atoms with Gasteiger partial charge in [0.2, 0.25) is 0 Å². The van der Waals surface area contributed by atoms with Crippen LogP contribution >= 0.6 is 7.60 Å². The Kier molecular flexibility index (Phi) is 2.82. The summed E-state index contributed by atoms with van der Waals surface area (Å²) in [7, 11) is -4.50. The second-order valence-electron chi connectivity index (χ2n) is 3.57. The molecule has 84 valence electrons. The molecule has 2 rings (SSSR count). The van der Waals surface area contributed by atoms with E-state index in [1.807, 2.05) is 24.3 Å². The number of hydrogen-bond acceptors (Lipinski definition) is 2. The minimum Gasteiger partial charge on any atom is -0.376 e. The molecule has 0 radical (unpaired) electrons. The third-order valence-corrected chi connectivity index (χ3v) is 3.33. The number of benzene rings is 2. The van der Waals surface area contributed by atoms with E-state index in [2.05, 4.69) is 0 Å². The highest BCUT2D eigenvalue weighted by molar-refractivity contribution is 7.51. The van der Waals surface area contributed by atoms with Crippen LogP contribution in [0.4, 0.5) is 0 Å². The molecule has 2 aromatic rings. The maximum absolute atomic E-state index is 10.9. The van der Waals surface area contributed by atoms with E-state index in [-0.39, 0.29) is 5.56 Å². The van der Waals surface area contributed by atoms with Gasteiger partial charge in [0.15, 0.2) is 5.85 Å². The molecule has 0 fully saturated rings. The molecule has 3 N–H and O–H groups in total. The molecule has 0 saturated carbocycles. The van der Waals surface area contributed by atoms with Crippen LogP contribution in [0.25, 0.3) is 10.8 Å². The van der Waals surface area contributed by atoms with E-state index in [4.69, 9.17) is 9.79 Å². The second-order valence-corrected chi connectivity index (χ2v) is 5.24. The van der Waals surface area contributed by atoms with Crippen molar-refractivity contribution in [3.63, 3.8) is 0 Å². The average Bonchev–Trinajstić information content (AvgIpc) is 2.26. The number of rotatable bonds is 2. The van der Waals surface area contributed by atoms with Gasteiger partial charge in [0.05, 0.1) is 0 Å². The predicted octanol–water partition coefficient (Wildman–Crippen LogP) is 2.01. The van der Waals surface area contributed by atoms with Gasteiger partial charge < -0.3 is 14.9 Å². The van der Waals surface area contributed by atoms with Crippen molar-refractivity contribution in [2.45, 2.75) is 5.85 Å². The summed E-state index contributed by atoms with van der Waals surface area (Å²) in [5.41, 5.74) is 0.229. The van der Waals surface area contributed by atoms with Crippen molar-refractivity contribution in [2.24, 2.45) is 0 Å². The molecule has 0 aliphatic heterocycles. The zero-order valence-corrected chi connectivity index (χ0v) is 9.21. The minimum atomic E-state index is -4.50. The van der Waals surface area contributed by atoms with Gasteiger partial charge >= 0.3 is 7.60 Å². The van der Waals surface area contributed by atoms with Gasteiger partial charge in [-0.1, -0.05) is 36.4 Å². The first-order valence-corrected chi connectivity index (χ1v) is 6.38. The van der Waals surface area contributed by atoms with Crippen molar-refractivity contribution in [2.75, 3.05) is 0 Å². The first-order chi connectivity index (χ1) is 7.48. The van der Waals surface area contributed by atoms with Crippen LogP contribution in [0.3, 0.4) is 0 Å². The zero-order valence-electron chi connectivity index (χ0n) is 8.32. The molecular weight excluding hydrogens is 227 g/mol. The highest BCUT2D eigenvalue weighted by atomic mass is 31.2. The smallest absolute Gasteiger partial charge is 0.358 e. The lowest BCUT2D eigenvalue weighted by Gasteiger charge is -2.13. The van der Waals surface area contributed by atoms with Crippen LogP contribution in [0.2, 0.25) is 0 Å². The van der Waals surface area contributed by atoms with E-state index in [1.165, 1.54) is 6.07 Å². The molecular formula is C11H11O4P. The summed E-state index contributed by atoms with van der Waals surface area (Å²) in [5.74, 6) is -1.75. The molecule has 0 unspecified atom stereocenters. The Labute approximate surface area is 92.3 Å². The predicted molar refractivity (Wildman–Crippen MR) is 61.0 cm³/mol. The molecule has 16 heavy (non-hydrogen) atoms. The maximum atomic E-state index is 10.9. The third-order valence-electron chi connectivity index (χ3n) is 2.39. The van der Waals surface area contributed by atoms with E-state index in [0.29, 0.717) is 0 Å². The molecule has 0 amide bonds. The van der Waals surface area contributed by atoms with Crippen molar-refractivity contribution in [1.29, 1.82) is 0 Å². The van der Waals surface area contributed by atoms with Crippen molar-refractivity contribution in [3.05, 3.63) is 48.0 Å². The van der Waals surface area contributed by atoms with E-state index in [1.54, 1.807) is 12.1 Å². The molecule has 0 aliphatic carbocycles. The summed E-state index contributed by atoms with van der Waals surface area (Å²) in [4.78, 5) is 17.7. The molecule has 0 saturated heterocycles. The molecule has 0 bridgehead atoms. The Morgan fingerprint density at radius 3 is 2.25 bits per heavy atom. The van der Waals surface area contributed by atoms with Crippen LogP contribution in [-0.2, 0) is 4.57 Å². The molecule has 2 aromatic carbocycles. The number of fused-ring (bicyclic) bond motifs is 1. The first kappa shape index (κ1) is 11.3. The van der Waals surface area contributed by atoms with Gasteiger partial charge in [-0.25, -0.2) is 0 Å². The fraction of sp³-hybridized carbons (Fsp3) is 0.0909. The summed E-state index contributed by atoms with van der Waals surface area (Å²) in [5, 5.41) is 11.3. The lowest BCUT2D eigenvalue weighted by atomic mass is 10.1. The summed E-state index contributed by atoms with van der Waals surface area (Å²) in [6.45, 7) is 0. The van der Waals surface area contributed by atoms with Crippen molar-refractivity contribution >= 4 is 18.4 Å². The SMILES string of the molecule is O=P(O)(O)[C@H](O)c1ccc2ccccc2c1. The van der Waals surface area contributed by atoms with E-state index >= 15 is 0 Å². The van der Waals surface area contributed by atoms with Gasteiger partial charge in [-0.2, -0.15) is 0 Å². The van der Waals surface area contributed by atoms with Crippen LogP contribution in [0.15, 0.2) is 42.5 Å². The largest absolute Gasteiger partial charge is 0.376 e. The van der Waals surface area contributed by atoms with Crippen molar-refractivity contribution in [1.82, 2.24) is 0 Å². The summed E-state index contributed by atoms with van der Waals surface area (Å²) < 4.78 is 10.9. The van der Waals surface area contributed by atoms with E-state index in [0.717, 1.165) is 10.8 Å². The molecule has 0 aromatic heterocycles. The fourth-order valence-corrected chi connectivity index (χ4v) is 2.11. The summed E-state index contributed by atoms with van der Waals surface area (Å²) >= 11 is 0. The van der Waals surface area contributed by atoms with Gasteiger partial charge in [0.25, 0.3) is 0 Å². The fourth-order valence-electron chi connectivity index (χ4n) is 1.56. The quantitative estimate of drug-likeness (QED) is 0.699. The van der Waals surface area contributed by atoms with Crippen LogP contribution < -0.4 is 0 Å². The standard InChI is InChI=1S/C11H11O4P/c12-11(16(13,14)15)10-6-5-8-3-1-2-4-9(8)7-10/h1-7,11-12H,(H2,13,14,15)/t11-/m0/s1. The van der Waals surface area contributed by atoms with Crippen LogP contribution in [-0.4, -0.2) is 14.9 Å². The Bertz CT molecular complexity index is 561. The Morgan fingerprint density at radius 2 is 1.62 bits per heavy atom. The molecule has 4 nitrogen and oxygen atoms in total. The first-order valence-electron chi connectivity index (χ1n) is 4.70. The third kappa shape index (κ3) is 2.15. The lowest BCUT2D eigenvalue weighted by Crippen LogP contribution is -1.97. The number of hydrogen-bond donors (Lipinski definition) is 3. The molecule has 5 heteroatoms. The normalized spacial score (nSPS) is 13.9. The zero-order chi connectivity index (χ0) is 11.8. The Balaban J connectivity index is 2.51. The van der Waals surface area contributed by atoms with Gasteiger partial charge in [-0.05, 0) is 22.4 Å². The van der Waals surface area contributed by atoms with E-state index < -0.39 is 13.4 Å². The molecule has 0 heterocycles. The van der Waals surface area contributed by atoms with Gasteiger partial charge in [0.1, 0.15) is 0 Å². The second kappa shape index (κ2) is 4.00. The lowest BCUT2D eigenvalue weighted by molar-refractivity contribution is 0.206. The topological polar surface area (TPSA) is 77.8 Å². The van der Waals surface area contributed by atoms with Crippen molar-refractivity contribution in [3.8, 4) is 0 Å². The monoisotopic (exact) mass is 238 g/mol. The van der Waals surface area contributed by atoms with Gasteiger partial charge in [-0.3, -0.25) is 4.57 Å². The maximum Gasteiger partial charge on any atom is 0.358 e. The van der Waals surface area contributed by atoms with Crippen LogP contribution in [0, 0.1) is 0 Å². The van der Waals surface area contributed by atoms with Crippen LogP contribution in [0.1, 0.15) is 11.4 Å². The Hall–Kier alpha value is -1.19. The molecule has 0 aliphatic rings. The average molecular weight is 238 g/mol. The van der Waals surface area contributed by atoms with Gasteiger partial charge in [0, 0.05) is 0 Å². The molecule has 0 spiro atoms. The highest BCUT2D eigenvalue weighted by Crippen LogP contribution is 2.49. The Morgan fingerprint density at radius 1 is 1.00 bits per heavy atom. The number of aliphatic hydroxyl groups is 1. The molecule has 1 atom stereocenters. The minimum absolute atomic E-state index is 0.229. The number of aliphatic hydroxyl groups excluding tert-OH is 1.